The van der Waals surface area contributed by atoms with Crippen LogP contribution in [0.2, 0.25) is 10.0 Å². The molecule has 7 heteroatoms. The molecule has 0 atom stereocenters. The van der Waals surface area contributed by atoms with Crippen LogP contribution in [-0.2, 0) is 6.54 Å². The molecule has 0 bridgehead atoms. The minimum Gasteiger partial charge on any atom is -0.494 e. The molecule has 0 aliphatic heterocycles. The zero-order chi connectivity index (χ0) is 17.0. The summed E-state index contributed by atoms with van der Waals surface area (Å²) in [6.07, 6.45) is 0. The van der Waals surface area contributed by atoms with Crippen molar-refractivity contribution in [3.8, 4) is 5.75 Å². The maximum absolute atomic E-state index is 12.2. The van der Waals surface area contributed by atoms with E-state index in [0.29, 0.717) is 16.9 Å². The zero-order valence-corrected chi connectivity index (χ0v) is 13.7. The topological polar surface area (TPSA) is 81.4 Å². The van der Waals surface area contributed by atoms with Crippen molar-refractivity contribution in [2.75, 3.05) is 7.11 Å². The van der Waals surface area contributed by atoms with Gasteiger partial charge in [0.05, 0.1) is 17.2 Å². The van der Waals surface area contributed by atoms with Crippen LogP contribution in [0.15, 0.2) is 36.4 Å². The highest BCUT2D eigenvalue weighted by Crippen LogP contribution is 2.33. The summed E-state index contributed by atoms with van der Waals surface area (Å²) in [5.74, 6) is -0.549. The average molecular weight is 353 g/mol. The molecule has 3 N–H and O–H groups in total. The molecule has 2 rings (SSSR count). The van der Waals surface area contributed by atoms with Crippen molar-refractivity contribution in [1.82, 2.24) is 5.32 Å². The molecule has 0 aliphatic rings. The summed E-state index contributed by atoms with van der Waals surface area (Å²) < 4.78 is 5.04. The van der Waals surface area contributed by atoms with Gasteiger partial charge in [0.25, 0.3) is 5.91 Å². The largest absolute Gasteiger partial charge is 0.494 e. The lowest BCUT2D eigenvalue weighted by Crippen LogP contribution is -2.23. The van der Waals surface area contributed by atoms with Crippen molar-refractivity contribution in [2.45, 2.75) is 6.54 Å². The van der Waals surface area contributed by atoms with Gasteiger partial charge in [0, 0.05) is 17.7 Å². The molecule has 0 spiro atoms. The third-order valence-electron chi connectivity index (χ3n) is 3.13. The lowest BCUT2D eigenvalue weighted by Gasteiger charge is -2.10. The molecule has 5 nitrogen and oxygen atoms in total. The summed E-state index contributed by atoms with van der Waals surface area (Å²) in [6, 6.07) is 9.65. The number of amides is 2. The van der Waals surface area contributed by atoms with Crippen molar-refractivity contribution in [2.24, 2.45) is 5.73 Å². The molecule has 2 aromatic rings. The highest BCUT2D eigenvalue weighted by molar-refractivity contribution is 6.37. The monoisotopic (exact) mass is 352 g/mol. The first-order valence-electron chi connectivity index (χ1n) is 6.62. The van der Waals surface area contributed by atoms with Gasteiger partial charge in [-0.15, -0.1) is 0 Å². The van der Waals surface area contributed by atoms with Gasteiger partial charge in [-0.25, -0.2) is 0 Å². The Kier molecular flexibility index (Phi) is 5.47. The van der Waals surface area contributed by atoms with Gasteiger partial charge < -0.3 is 15.8 Å². The number of methoxy groups -OCH3 is 1. The fourth-order valence-corrected chi connectivity index (χ4v) is 2.65. The smallest absolute Gasteiger partial charge is 0.251 e. The van der Waals surface area contributed by atoms with Crippen LogP contribution in [0.1, 0.15) is 26.3 Å². The number of hydrogen-bond acceptors (Lipinski definition) is 3. The van der Waals surface area contributed by atoms with Gasteiger partial charge in [-0.05, 0) is 29.8 Å². The number of carbonyl (C=O) groups excluding carboxylic acids is 2. The summed E-state index contributed by atoms with van der Waals surface area (Å²) >= 11 is 12.0. The number of primary amides is 1. The van der Waals surface area contributed by atoms with E-state index < -0.39 is 5.91 Å². The third kappa shape index (κ3) is 4.15. The van der Waals surface area contributed by atoms with E-state index in [9.17, 15) is 9.59 Å². The highest BCUT2D eigenvalue weighted by atomic mass is 35.5. The standard InChI is InChI=1S/C16H14Cl2N2O3/c1-23-14-12(17)6-11(7-13(14)18)16(22)20-8-9-3-2-4-10(5-9)15(19)21/h2-7H,8H2,1H3,(H2,19,21)(H,20,22). The number of halogens is 2. The Bertz CT molecular complexity index is 740. The average Bonchev–Trinajstić information content (AvgIpc) is 2.52. The van der Waals surface area contributed by atoms with Crippen LogP contribution in [0.4, 0.5) is 0 Å². The number of rotatable bonds is 5. The summed E-state index contributed by atoms with van der Waals surface area (Å²) in [6.45, 7) is 0.237. The minimum absolute atomic E-state index is 0.237. The maximum Gasteiger partial charge on any atom is 0.251 e. The molecule has 0 radical (unpaired) electrons. The molecular weight excluding hydrogens is 339 g/mol. The van der Waals surface area contributed by atoms with Crippen LogP contribution in [-0.4, -0.2) is 18.9 Å². The first-order chi connectivity index (χ1) is 10.9. The fraction of sp³-hybridized carbons (Fsp3) is 0.125. The molecule has 0 aromatic heterocycles. The van der Waals surface area contributed by atoms with Crippen LogP contribution < -0.4 is 15.8 Å². The predicted octanol–water partition coefficient (Wildman–Crippen LogP) is 3.03. The molecule has 2 aromatic carbocycles. The van der Waals surface area contributed by atoms with Crippen molar-refractivity contribution >= 4 is 35.0 Å². The summed E-state index contributed by atoms with van der Waals surface area (Å²) in [5, 5.41) is 3.23. The number of benzene rings is 2. The van der Waals surface area contributed by atoms with Crippen molar-refractivity contribution in [3.05, 3.63) is 63.1 Å². The van der Waals surface area contributed by atoms with E-state index in [2.05, 4.69) is 5.32 Å². The van der Waals surface area contributed by atoms with Crippen molar-refractivity contribution < 1.29 is 14.3 Å². The number of nitrogens with one attached hydrogen (secondary N) is 1. The number of carbonyl (C=O) groups is 2. The van der Waals surface area contributed by atoms with Crippen LogP contribution in [0.3, 0.4) is 0 Å². The van der Waals surface area contributed by atoms with E-state index in [1.54, 1.807) is 24.3 Å². The first kappa shape index (κ1) is 17.1. The number of nitrogens with two attached hydrogens (primary N) is 1. The molecule has 23 heavy (non-hydrogen) atoms. The fourth-order valence-electron chi connectivity index (χ4n) is 2.00. The van der Waals surface area contributed by atoms with E-state index in [1.807, 2.05) is 0 Å². The quantitative estimate of drug-likeness (QED) is 0.867. The Hall–Kier alpha value is -2.24. The second-order valence-corrected chi connectivity index (χ2v) is 5.53. The SMILES string of the molecule is COc1c(Cl)cc(C(=O)NCc2cccc(C(N)=O)c2)cc1Cl. The summed E-state index contributed by atoms with van der Waals surface area (Å²) in [7, 11) is 1.44. The molecule has 0 saturated carbocycles. The summed E-state index contributed by atoms with van der Waals surface area (Å²) in [5.41, 5.74) is 6.67. The van der Waals surface area contributed by atoms with E-state index in [0.717, 1.165) is 5.56 Å². The Labute approximate surface area is 143 Å². The molecule has 120 valence electrons. The van der Waals surface area contributed by atoms with Gasteiger partial charge in [-0.3, -0.25) is 9.59 Å². The first-order valence-corrected chi connectivity index (χ1v) is 7.38. The van der Waals surface area contributed by atoms with E-state index in [1.165, 1.54) is 19.2 Å². The normalized spacial score (nSPS) is 10.2. The molecule has 0 aliphatic carbocycles. The van der Waals surface area contributed by atoms with Crippen LogP contribution in [0.5, 0.6) is 5.75 Å². The second-order valence-electron chi connectivity index (χ2n) is 4.72. The molecule has 0 fully saturated rings. The van der Waals surface area contributed by atoms with E-state index >= 15 is 0 Å². The van der Waals surface area contributed by atoms with Gasteiger partial charge in [-0.1, -0.05) is 35.3 Å². The molecule has 0 unspecified atom stereocenters. The van der Waals surface area contributed by atoms with Gasteiger partial charge in [0.2, 0.25) is 5.91 Å². The second kappa shape index (κ2) is 7.35. The van der Waals surface area contributed by atoms with Gasteiger partial charge in [0.15, 0.2) is 5.75 Å². The lowest BCUT2D eigenvalue weighted by molar-refractivity contribution is 0.0950. The molecule has 2 amide bonds. The Morgan fingerprint density at radius 1 is 1.13 bits per heavy atom. The summed E-state index contributed by atoms with van der Waals surface area (Å²) in [4.78, 5) is 23.3. The van der Waals surface area contributed by atoms with E-state index in [4.69, 9.17) is 33.7 Å². The number of hydrogen-bond donors (Lipinski definition) is 2. The Morgan fingerprint density at radius 2 is 1.78 bits per heavy atom. The van der Waals surface area contributed by atoms with Crippen LogP contribution in [0.25, 0.3) is 0 Å². The van der Waals surface area contributed by atoms with Crippen molar-refractivity contribution in [1.29, 1.82) is 0 Å². The van der Waals surface area contributed by atoms with E-state index in [-0.39, 0.29) is 22.5 Å². The van der Waals surface area contributed by atoms with Gasteiger partial charge in [0.1, 0.15) is 0 Å². The maximum atomic E-state index is 12.2. The number of ether oxygens (including phenoxy) is 1. The Balaban J connectivity index is 2.11. The van der Waals surface area contributed by atoms with Gasteiger partial charge >= 0.3 is 0 Å². The molecule has 0 saturated heterocycles. The van der Waals surface area contributed by atoms with Crippen LogP contribution in [0, 0.1) is 0 Å². The molecule has 0 heterocycles. The lowest BCUT2D eigenvalue weighted by atomic mass is 10.1. The zero-order valence-electron chi connectivity index (χ0n) is 12.2. The minimum atomic E-state index is -0.521. The molecular formula is C16H14Cl2N2O3. The van der Waals surface area contributed by atoms with Gasteiger partial charge in [-0.2, -0.15) is 0 Å². The predicted molar refractivity (Wildman–Crippen MR) is 89.1 cm³/mol. The van der Waals surface area contributed by atoms with Crippen LogP contribution >= 0.6 is 23.2 Å². The highest BCUT2D eigenvalue weighted by Gasteiger charge is 2.13. The third-order valence-corrected chi connectivity index (χ3v) is 3.69. The van der Waals surface area contributed by atoms with Crippen molar-refractivity contribution in [3.63, 3.8) is 0 Å². The Morgan fingerprint density at radius 3 is 2.35 bits per heavy atom.